The van der Waals surface area contributed by atoms with Crippen molar-refractivity contribution in [3.8, 4) is 0 Å². The summed E-state index contributed by atoms with van der Waals surface area (Å²) in [6, 6.07) is -0.686. The molecule has 0 aromatic carbocycles. The Bertz CT molecular complexity index is 882. The van der Waals surface area contributed by atoms with Crippen LogP contribution in [0.3, 0.4) is 0 Å². The molecule has 0 radical (unpaired) electrons. The number of alkyl halides is 3. The molecular formula is C19H22ClF3N6O. The molecule has 1 N–H and O–H groups in total. The molecule has 30 heavy (non-hydrogen) atoms. The first kappa shape index (κ1) is 20.9. The molecule has 1 amide bonds. The Kier molecular flexibility index (Phi) is 5.16. The third-order valence-electron chi connectivity index (χ3n) is 6.15. The van der Waals surface area contributed by atoms with Crippen LogP contribution in [-0.4, -0.2) is 59.2 Å². The quantitative estimate of drug-likeness (QED) is 0.711. The average molecular weight is 443 g/mol. The number of hydrogen-bond donors (Lipinski definition) is 1. The van der Waals surface area contributed by atoms with Crippen molar-refractivity contribution in [2.45, 2.75) is 57.3 Å². The Morgan fingerprint density at radius 2 is 2.17 bits per heavy atom. The first-order valence-corrected chi connectivity index (χ1v) is 10.1. The summed E-state index contributed by atoms with van der Waals surface area (Å²) in [5, 5.41) is 13.0. The van der Waals surface area contributed by atoms with Crippen molar-refractivity contribution >= 4 is 23.7 Å². The molecule has 4 aliphatic rings. The fourth-order valence-corrected chi connectivity index (χ4v) is 4.74. The van der Waals surface area contributed by atoms with Crippen LogP contribution in [0.15, 0.2) is 50.4 Å². The van der Waals surface area contributed by atoms with Crippen LogP contribution >= 0.6 is 11.6 Å². The standard InChI is InChI=1S/C19H22ClF3N6O/c1-11-14-13(29(27-26-14)17-24-8-4-9-25-17)6-10-28(11)16(30)18(2)7-3-5-12(15(18)20)19(21,22)23/h3-5,8-9,11,13-14,17,24H,6-7,10H2,1-2H3/t11-,13?,14?,17?,18?/m0/s1. The SMILES string of the molecule is C[C@H]1C2N=NN(C3N=CC=CN3)C2CCN1C(=O)C1(C)CC=CC(C(F)(F)F)=C1Cl. The second-order valence-electron chi connectivity index (χ2n) is 8.03. The van der Waals surface area contributed by atoms with Gasteiger partial charge in [-0.25, -0.2) is 10.0 Å². The van der Waals surface area contributed by atoms with Crippen LogP contribution in [0, 0.1) is 5.41 Å². The van der Waals surface area contributed by atoms with E-state index in [4.69, 9.17) is 11.6 Å². The van der Waals surface area contributed by atoms with E-state index in [2.05, 4.69) is 20.6 Å². The molecule has 3 aliphatic heterocycles. The van der Waals surface area contributed by atoms with Crippen molar-refractivity contribution in [1.29, 1.82) is 0 Å². The summed E-state index contributed by atoms with van der Waals surface area (Å²) in [5.74, 6) is -0.421. The van der Waals surface area contributed by atoms with Crippen LogP contribution in [-0.2, 0) is 4.79 Å². The van der Waals surface area contributed by atoms with Crippen LogP contribution in [0.5, 0.6) is 0 Å². The smallest absolute Gasteiger partial charge is 0.352 e. The Morgan fingerprint density at radius 1 is 1.40 bits per heavy atom. The highest BCUT2D eigenvalue weighted by Crippen LogP contribution is 2.47. The third kappa shape index (κ3) is 3.30. The van der Waals surface area contributed by atoms with Crippen LogP contribution in [0.2, 0.25) is 0 Å². The van der Waals surface area contributed by atoms with Crippen molar-refractivity contribution in [1.82, 2.24) is 15.2 Å². The van der Waals surface area contributed by atoms with E-state index < -0.39 is 28.1 Å². The number of nitrogens with zero attached hydrogens (tertiary/aromatic N) is 5. The molecule has 162 valence electrons. The zero-order valence-corrected chi connectivity index (χ0v) is 17.2. The second-order valence-corrected chi connectivity index (χ2v) is 8.41. The van der Waals surface area contributed by atoms with Gasteiger partial charge in [0.15, 0.2) is 0 Å². The first-order valence-electron chi connectivity index (χ1n) is 9.73. The molecule has 5 atom stereocenters. The van der Waals surface area contributed by atoms with Crippen molar-refractivity contribution in [3.63, 3.8) is 0 Å². The van der Waals surface area contributed by atoms with E-state index in [0.29, 0.717) is 13.0 Å². The number of fused-ring (bicyclic) bond motifs is 1. The summed E-state index contributed by atoms with van der Waals surface area (Å²) in [6.45, 7) is 3.69. The second kappa shape index (κ2) is 7.40. The van der Waals surface area contributed by atoms with E-state index in [9.17, 15) is 18.0 Å². The van der Waals surface area contributed by atoms with Gasteiger partial charge in [-0.1, -0.05) is 29.0 Å². The van der Waals surface area contributed by atoms with Crippen LogP contribution in [0.1, 0.15) is 26.7 Å². The van der Waals surface area contributed by atoms with Gasteiger partial charge in [-0.3, -0.25) is 4.79 Å². The van der Waals surface area contributed by atoms with E-state index in [0.717, 1.165) is 6.08 Å². The molecule has 0 aromatic rings. The van der Waals surface area contributed by atoms with Gasteiger partial charge in [-0.05, 0) is 32.8 Å². The highest BCUT2D eigenvalue weighted by molar-refractivity contribution is 6.33. The summed E-state index contributed by atoms with van der Waals surface area (Å²) < 4.78 is 40.0. The summed E-state index contributed by atoms with van der Waals surface area (Å²) in [5.41, 5.74) is -2.42. The van der Waals surface area contributed by atoms with Gasteiger partial charge >= 0.3 is 6.18 Å². The van der Waals surface area contributed by atoms with Crippen LogP contribution in [0.4, 0.5) is 13.2 Å². The Morgan fingerprint density at radius 3 is 2.83 bits per heavy atom. The van der Waals surface area contributed by atoms with Crippen LogP contribution < -0.4 is 5.32 Å². The Hall–Kier alpha value is -2.36. The first-order chi connectivity index (χ1) is 14.1. The maximum absolute atomic E-state index is 13.4. The number of likely N-dealkylation sites (tertiary alicyclic amines) is 1. The summed E-state index contributed by atoms with van der Waals surface area (Å²) in [4.78, 5) is 19.3. The number of hydrogen-bond acceptors (Lipinski definition) is 6. The van der Waals surface area contributed by atoms with Gasteiger partial charge in [0.05, 0.1) is 23.1 Å². The number of piperidine rings is 1. The molecule has 11 heteroatoms. The van der Waals surface area contributed by atoms with E-state index in [1.165, 1.54) is 13.0 Å². The van der Waals surface area contributed by atoms with Gasteiger partial charge in [0.2, 0.25) is 12.2 Å². The zero-order chi connectivity index (χ0) is 21.7. The van der Waals surface area contributed by atoms with Gasteiger partial charge in [-0.2, -0.15) is 18.3 Å². The lowest BCUT2D eigenvalue weighted by Crippen LogP contribution is -2.60. The zero-order valence-electron chi connectivity index (χ0n) is 16.5. The minimum atomic E-state index is -4.61. The highest BCUT2D eigenvalue weighted by atomic mass is 35.5. The van der Waals surface area contributed by atoms with Crippen molar-refractivity contribution in [3.05, 3.63) is 35.0 Å². The summed E-state index contributed by atoms with van der Waals surface area (Å²) in [7, 11) is 0. The van der Waals surface area contributed by atoms with Crippen molar-refractivity contribution in [2.24, 2.45) is 20.7 Å². The number of carbonyl (C=O) groups excluding carboxylic acids is 1. The molecular weight excluding hydrogens is 421 g/mol. The molecule has 7 nitrogen and oxygen atoms in total. The fraction of sp³-hybridized carbons (Fsp3) is 0.579. The van der Waals surface area contributed by atoms with E-state index in [-0.39, 0.29) is 30.8 Å². The fourth-order valence-electron chi connectivity index (χ4n) is 4.41. The molecule has 0 spiro atoms. The average Bonchev–Trinajstić information content (AvgIpc) is 3.15. The van der Waals surface area contributed by atoms with Gasteiger partial charge in [0, 0.05) is 24.0 Å². The van der Waals surface area contributed by atoms with Crippen LogP contribution in [0.25, 0.3) is 0 Å². The summed E-state index contributed by atoms with van der Waals surface area (Å²) in [6.07, 6.45) is 3.24. The largest absolute Gasteiger partial charge is 0.417 e. The number of halogens is 4. The van der Waals surface area contributed by atoms with Gasteiger partial charge < -0.3 is 10.2 Å². The number of nitrogens with one attached hydrogen (secondary N) is 1. The maximum Gasteiger partial charge on any atom is 0.417 e. The van der Waals surface area contributed by atoms with Crippen molar-refractivity contribution < 1.29 is 18.0 Å². The van der Waals surface area contributed by atoms with Gasteiger partial charge in [0.25, 0.3) is 0 Å². The number of amides is 1. The number of aliphatic imine (C=N–C) groups is 1. The molecule has 0 aromatic heterocycles. The van der Waals surface area contributed by atoms with Gasteiger partial charge in [0.1, 0.15) is 6.04 Å². The highest BCUT2D eigenvalue weighted by Gasteiger charge is 2.51. The lowest BCUT2D eigenvalue weighted by molar-refractivity contribution is -0.144. The molecule has 1 fully saturated rings. The Balaban J connectivity index is 1.54. The van der Waals surface area contributed by atoms with E-state index in [1.807, 2.05) is 6.92 Å². The molecule has 4 unspecified atom stereocenters. The number of rotatable bonds is 2. The monoisotopic (exact) mass is 442 g/mol. The number of allylic oxidation sites excluding steroid dienone is 4. The molecule has 1 saturated heterocycles. The molecule has 0 saturated carbocycles. The normalized spacial score (nSPS) is 35.7. The lowest BCUT2D eigenvalue weighted by atomic mass is 9.78. The topological polar surface area (TPSA) is 72.7 Å². The Labute approximate surface area is 177 Å². The number of carbonyl (C=O) groups is 1. The predicted molar refractivity (Wildman–Crippen MR) is 105 cm³/mol. The predicted octanol–water partition coefficient (Wildman–Crippen LogP) is 3.52. The van der Waals surface area contributed by atoms with Crippen molar-refractivity contribution in [2.75, 3.05) is 6.54 Å². The molecule has 3 heterocycles. The van der Waals surface area contributed by atoms with Gasteiger partial charge in [-0.15, -0.1) is 0 Å². The summed E-state index contributed by atoms with van der Waals surface area (Å²) >= 11 is 6.15. The minimum absolute atomic E-state index is 0.0546. The minimum Gasteiger partial charge on any atom is -0.352 e. The maximum atomic E-state index is 13.4. The van der Waals surface area contributed by atoms with E-state index >= 15 is 0 Å². The van der Waals surface area contributed by atoms with E-state index in [1.54, 1.807) is 28.4 Å². The molecule has 1 aliphatic carbocycles. The lowest BCUT2D eigenvalue weighted by Gasteiger charge is -2.45. The molecule has 4 rings (SSSR count). The third-order valence-corrected chi connectivity index (χ3v) is 6.77. The molecule has 0 bridgehead atoms.